The molecule has 2 atom stereocenters. The predicted molar refractivity (Wildman–Crippen MR) is 66.9 cm³/mol. The van der Waals surface area contributed by atoms with Crippen LogP contribution in [0.15, 0.2) is 0 Å². The standard InChI is InChI=1S/C15H28/c1-4-5-9-15(10-11-15)14-8-6-7-13(14)12(2)3/h12-14H,4-11H2,1-3H3. The van der Waals surface area contributed by atoms with Gasteiger partial charge in [0.25, 0.3) is 0 Å². The molecule has 2 aliphatic carbocycles. The van der Waals surface area contributed by atoms with Crippen LogP contribution >= 0.6 is 0 Å². The van der Waals surface area contributed by atoms with Crippen molar-refractivity contribution >= 4 is 0 Å². The van der Waals surface area contributed by atoms with Crippen molar-refractivity contribution in [3.05, 3.63) is 0 Å². The minimum Gasteiger partial charge on any atom is -0.0654 e. The lowest BCUT2D eigenvalue weighted by atomic mass is 9.74. The lowest BCUT2D eigenvalue weighted by Crippen LogP contribution is -2.24. The summed E-state index contributed by atoms with van der Waals surface area (Å²) in [5.41, 5.74) is 0.835. The van der Waals surface area contributed by atoms with Gasteiger partial charge in [0, 0.05) is 0 Å². The molecule has 0 radical (unpaired) electrons. The maximum atomic E-state index is 2.44. The minimum atomic E-state index is 0.835. The fraction of sp³-hybridized carbons (Fsp3) is 1.00. The topological polar surface area (TPSA) is 0 Å². The van der Waals surface area contributed by atoms with E-state index < -0.39 is 0 Å². The third-order valence-corrected chi connectivity index (χ3v) is 5.13. The first-order valence-electron chi connectivity index (χ1n) is 7.19. The first-order valence-corrected chi connectivity index (χ1v) is 7.19. The lowest BCUT2D eigenvalue weighted by Gasteiger charge is -2.31. The Morgan fingerprint density at radius 1 is 1.20 bits per heavy atom. The highest BCUT2D eigenvalue weighted by Crippen LogP contribution is 2.62. The van der Waals surface area contributed by atoms with E-state index in [4.69, 9.17) is 0 Å². The number of hydrogen-bond acceptors (Lipinski definition) is 0. The van der Waals surface area contributed by atoms with E-state index in [1.165, 1.54) is 32.1 Å². The van der Waals surface area contributed by atoms with Crippen LogP contribution in [0.1, 0.15) is 72.1 Å². The molecule has 0 bridgehead atoms. The quantitative estimate of drug-likeness (QED) is 0.594. The second-order valence-electron chi connectivity index (χ2n) is 6.41. The third kappa shape index (κ3) is 2.24. The van der Waals surface area contributed by atoms with Crippen molar-refractivity contribution in [2.24, 2.45) is 23.2 Å². The summed E-state index contributed by atoms with van der Waals surface area (Å²) < 4.78 is 0. The van der Waals surface area contributed by atoms with Crippen molar-refractivity contribution < 1.29 is 0 Å². The maximum Gasteiger partial charge on any atom is -0.0266 e. The molecule has 0 aromatic heterocycles. The Morgan fingerprint density at radius 3 is 2.47 bits per heavy atom. The van der Waals surface area contributed by atoms with Gasteiger partial charge < -0.3 is 0 Å². The highest BCUT2D eigenvalue weighted by Gasteiger charge is 2.52. The summed E-state index contributed by atoms with van der Waals surface area (Å²) in [7, 11) is 0. The molecule has 0 spiro atoms. The van der Waals surface area contributed by atoms with Crippen molar-refractivity contribution in [1.29, 1.82) is 0 Å². The highest BCUT2D eigenvalue weighted by molar-refractivity contribution is 5.02. The third-order valence-electron chi connectivity index (χ3n) is 5.13. The van der Waals surface area contributed by atoms with Crippen LogP contribution < -0.4 is 0 Å². The highest BCUT2D eigenvalue weighted by atomic mass is 14.6. The van der Waals surface area contributed by atoms with Gasteiger partial charge in [-0.1, -0.05) is 40.0 Å². The van der Waals surface area contributed by atoms with Crippen LogP contribution in [0.4, 0.5) is 0 Å². The first-order chi connectivity index (χ1) is 7.19. The van der Waals surface area contributed by atoms with Gasteiger partial charge in [-0.2, -0.15) is 0 Å². The normalized spacial score (nSPS) is 33.6. The van der Waals surface area contributed by atoms with Crippen molar-refractivity contribution in [2.75, 3.05) is 0 Å². The van der Waals surface area contributed by atoms with Crippen LogP contribution in [0.25, 0.3) is 0 Å². The summed E-state index contributed by atoms with van der Waals surface area (Å²) in [5, 5.41) is 0. The van der Waals surface area contributed by atoms with Gasteiger partial charge in [-0.25, -0.2) is 0 Å². The molecule has 2 rings (SSSR count). The molecular formula is C15H28. The zero-order chi connectivity index (χ0) is 10.9. The average molecular weight is 208 g/mol. The number of hydrogen-bond donors (Lipinski definition) is 0. The SMILES string of the molecule is CCCCC1(C2CCCC2C(C)C)CC1. The van der Waals surface area contributed by atoms with Gasteiger partial charge in [-0.3, -0.25) is 0 Å². The van der Waals surface area contributed by atoms with E-state index >= 15 is 0 Å². The Kier molecular flexibility index (Phi) is 3.42. The number of unbranched alkanes of at least 4 members (excludes halogenated alkanes) is 1. The minimum absolute atomic E-state index is 0.835. The molecule has 2 fully saturated rings. The molecule has 0 nitrogen and oxygen atoms in total. The fourth-order valence-corrected chi connectivity index (χ4v) is 4.04. The fourth-order valence-electron chi connectivity index (χ4n) is 4.04. The molecule has 0 amide bonds. The molecule has 2 aliphatic rings. The van der Waals surface area contributed by atoms with Gasteiger partial charge >= 0.3 is 0 Å². The summed E-state index contributed by atoms with van der Waals surface area (Å²) in [6.45, 7) is 7.22. The van der Waals surface area contributed by atoms with E-state index in [9.17, 15) is 0 Å². The molecule has 0 saturated heterocycles. The van der Waals surface area contributed by atoms with Crippen LogP contribution in [-0.2, 0) is 0 Å². The van der Waals surface area contributed by atoms with Crippen LogP contribution in [0.5, 0.6) is 0 Å². The van der Waals surface area contributed by atoms with Crippen molar-refractivity contribution in [3.8, 4) is 0 Å². The van der Waals surface area contributed by atoms with Crippen LogP contribution in [0.3, 0.4) is 0 Å². The molecule has 2 saturated carbocycles. The molecule has 88 valence electrons. The molecule has 0 heterocycles. The monoisotopic (exact) mass is 208 g/mol. The van der Waals surface area contributed by atoms with Crippen molar-refractivity contribution in [2.45, 2.75) is 72.1 Å². The van der Waals surface area contributed by atoms with E-state index in [1.54, 1.807) is 19.3 Å². The maximum absolute atomic E-state index is 2.44. The predicted octanol–water partition coefficient (Wildman–Crippen LogP) is 5.03. The Morgan fingerprint density at radius 2 is 1.93 bits per heavy atom. The van der Waals surface area contributed by atoms with Gasteiger partial charge in [0.2, 0.25) is 0 Å². The molecule has 0 heteroatoms. The summed E-state index contributed by atoms with van der Waals surface area (Å²) in [6.07, 6.45) is 12.1. The first kappa shape index (κ1) is 11.5. The molecule has 0 N–H and O–H groups in total. The molecule has 15 heavy (non-hydrogen) atoms. The van der Waals surface area contributed by atoms with Gasteiger partial charge in [0.15, 0.2) is 0 Å². The molecule has 0 aromatic carbocycles. The summed E-state index contributed by atoms with van der Waals surface area (Å²) >= 11 is 0. The largest absolute Gasteiger partial charge is 0.0654 e. The zero-order valence-electron chi connectivity index (χ0n) is 10.9. The Hall–Kier alpha value is 0. The van der Waals surface area contributed by atoms with Crippen molar-refractivity contribution in [1.82, 2.24) is 0 Å². The molecular weight excluding hydrogens is 180 g/mol. The zero-order valence-corrected chi connectivity index (χ0v) is 10.9. The molecule has 0 aromatic rings. The van der Waals surface area contributed by atoms with Crippen molar-refractivity contribution in [3.63, 3.8) is 0 Å². The van der Waals surface area contributed by atoms with Crippen LogP contribution in [0.2, 0.25) is 0 Å². The lowest BCUT2D eigenvalue weighted by molar-refractivity contribution is 0.180. The van der Waals surface area contributed by atoms with Crippen LogP contribution in [-0.4, -0.2) is 0 Å². The van der Waals surface area contributed by atoms with E-state index in [0.717, 1.165) is 23.2 Å². The van der Waals surface area contributed by atoms with E-state index in [2.05, 4.69) is 20.8 Å². The van der Waals surface area contributed by atoms with Gasteiger partial charge in [0.05, 0.1) is 0 Å². The van der Waals surface area contributed by atoms with E-state index in [-0.39, 0.29) is 0 Å². The smallest absolute Gasteiger partial charge is 0.0266 e. The average Bonchev–Trinajstić information content (AvgIpc) is 2.82. The Balaban J connectivity index is 1.96. The second kappa shape index (κ2) is 4.47. The van der Waals surface area contributed by atoms with E-state index in [0.29, 0.717) is 0 Å². The van der Waals surface area contributed by atoms with Crippen LogP contribution in [0, 0.1) is 23.2 Å². The van der Waals surface area contributed by atoms with Gasteiger partial charge in [-0.05, 0) is 55.3 Å². The summed E-state index contributed by atoms with van der Waals surface area (Å²) in [5.74, 6) is 3.09. The molecule has 2 unspecified atom stereocenters. The van der Waals surface area contributed by atoms with Gasteiger partial charge in [-0.15, -0.1) is 0 Å². The van der Waals surface area contributed by atoms with Gasteiger partial charge in [0.1, 0.15) is 0 Å². The van der Waals surface area contributed by atoms with E-state index in [1.807, 2.05) is 0 Å². The Labute approximate surface area is 95.8 Å². The summed E-state index contributed by atoms with van der Waals surface area (Å²) in [6, 6.07) is 0. The second-order valence-corrected chi connectivity index (χ2v) is 6.41. The summed E-state index contributed by atoms with van der Waals surface area (Å²) in [4.78, 5) is 0. The molecule has 0 aliphatic heterocycles. The number of rotatable bonds is 5. The Bertz CT molecular complexity index is 200.